The molecule has 0 fully saturated rings. The maximum atomic E-state index is 4.54. The molecule has 1 N–H and O–H groups in total. The monoisotopic (exact) mass is 288 g/mol. The standard InChI is InChI=1S/C17H28N4/c1-4-21(5-2)17-13-16(19-14(3)20-17)18-12-11-15-9-7-6-8-10-15/h9,13H,4-8,10-12H2,1-3H3,(H,18,19,20). The Kier molecular flexibility index (Phi) is 6.03. The van der Waals surface area contributed by atoms with E-state index in [0.717, 1.165) is 43.5 Å². The van der Waals surface area contributed by atoms with E-state index in [1.54, 1.807) is 5.57 Å². The van der Waals surface area contributed by atoms with Crippen LogP contribution in [0.1, 0.15) is 51.8 Å². The SMILES string of the molecule is CCN(CC)c1cc(NCCC2=CCCCC2)nc(C)n1. The van der Waals surface area contributed by atoms with Crippen LogP contribution in [0.3, 0.4) is 0 Å². The van der Waals surface area contributed by atoms with Gasteiger partial charge >= 0.3 is 0 Å². The number of hydrogen-bond donors (Lipinski definition) is 1. The smallest absolute Gasteiger partial charge is 0.134 e. The van der Waals surface area contributed by atoms with Crippen molar-refractivity contribution in [1.29, 1.82) is 0 Å². The number of aryl methyl sites for hydroxylation is 1. The lowest BCUT2D eigenvalue weighted by molar-refractivity contribution is 0.679. The van der Waals surface area contributed by atoms with Crippen molar-refractivity contribution < 1.29 is 0 Å². The van der Waals surface area contributed by atoms with Crippen LogP contribution in [0.5, 0.6) is 0 Å². The van der Waals surface area contributed by atoms with E-state index >= 15 is 0 Å². The summed E-state index contributed by atoms with van der Waals surface area (Å²) in [6, 6.07) is 2.06. The van der Waals surface area contributed by atoms with Crippen molar-refractivity contribution in [1.82, 2.24) is 9.97 Å². The molecule has 0 radical (unpaired) electrons. The molecule has 4 nitrogen and oxygen atoms in total. The van der Waals surface area contributed by atoms with Gasteiger partial charge in [0.15, 0.2) is 0 Å². The third-order valence-electron chi connectivity index (χ3n) is 4.05. The van der Waals surface area contributed by atoms with Crippen LogP contribution in [-0.4, -0.2) is 29.6 Å². The molecule has 1 aromatic heterocycles. The zero-order valence-corrected chi connectivity index (χ0v) is 13.7. The summed E-state index contributed by atoms with van der Waals surface area (Å²) in [6.45, 7) is 9.17. The van der Waals surface area contributed by atoms with Crippen LogP contribution in [-0.2, 0) is 0 Å². The molecule has 1 aliphatic carbocycles. The second-order valence-corrected chi connectivity index (χ2v) is 5.62. The summed E-state index contributed by atoms with van der Waals surface area (Å²) in [5, 5.41) is 3.46. The number of hydrogen-bond acceptors (Lipinski definition) is 4. The predicted molar refractivity (Wildman–Crippen MR) is 90.0 cm³/mol. The number of anilines is 2. The minimum absolute atomic E-state index is 0.832. The first kappa shape index (κ1) is 15.8. The van der Waals surface area contributed by atoms with Crippen molar-refractivity contribution in [3.63, 3.8) is 0 Å². The fourth-order valence-electron chi connectivity index (χ4n) is 2.83. The maximum Gasteiger partial charge on any atom is 0.134 e. The van der Waals surface area contributed by atoms with Crippen molar-refractivity contribution in [2.24, 2.45) is 0 Å². The Morgan fingerprint density at radius 2 is 2.00 bits per heavy atom. The lowest BCUT2D eigenvalue weighted by Crippen LogP contribution is -2.23. The third-order valence-corrected chi connectivity index (χ3v) is 4.05. The normalized spacial score (nSPS) is 14.7. The van der Waals surface area contributed by atoms with Gasteiger partial charge in [-0.15, -0.1) is 0 Å². The summed E-state index contributed by atoms with van der Waals surface area (Å²) in [5.74, 6) is 2.80. The molecule has 21 heavy (non-hydrogen) atoms. The van der Waals surface area contributed by atoms with E-state index in [2.05, 4.69) is 46.2 Å². The van der Waals surface area contributed by atoms with E-state index in [4.69, 9.17) is 0 Å². The fraction of sp³-hybridized carbons (Fsp3) is 0.647. The summed E-state index contributed by atoms with van der Waals surface area (Å²) < 4.78 is 0. The van der Waals surface area contributed by atoms with Crippen molar-refractivity contribution >= 4 is 11.6 Å². The van der Waals surface area contributed by atoms with Crippen molar-refractivity contribution in [3.8, 4) is 0 Å². The molecular weight excluding hydrogens is 260 g/mol. The molecule has 0 saturated carbocycles. The largest absolute Gasteiger partial charge is 0.370 e. The molecule has 0 unspecified atom stereocenters. The first-order valence-corrected chi connectivity index (χ1v) is 8.25. The van der Waals surface area contributed by atoms with Crippen LogP contribution in [0.4, 0.5) is 11.6 Å². The van der Waals surface area contributed by atoms with Gasteiger partial charge in [-0.25, -0.2) is 9.97 Å². The average Bonchev–Trinajstić information content (AvgIpc) is 2.49. The van der Waals surface area contributed by atoms with Gasteiger partial charge in [0.25, 0.3) is 0 Å². The molecule has 116 valence electrons. The van der Waals surface area contributed by atoms with Gasteiger partial charge < -0.3 is 10.2 Å². The summed E-state index contributed by atoms with van der Waals surface area (Å²) in [4.78, 5) is 11.3. The summed E-state index contributed by atoms with van der Waals surface area (Å²) in [6.07, 6.45) is 8.78. The molecular formula is C17H28N4. The zero-order chi connectivity index (χ0) is 15.1. The number of allylic oxidation sites excluding steroid dienone is 1. The quantitative estimate of drug-likeness (QED) is 0.772. The highest BCUT2D eigenvalue weighted by atomic mass is 15.2. The summed E-state index contributed by atoms with van der Waals surface area (Å²) >= 11 is 0. The van der Waals surface area contributed by atoms with Gasteiger partial charge in [-0.1, -0.05) is 11.6 Å². The summed E-state index contributed by atoms with van der Waals surface area (Å²) in [7, 11) is 0. The van der Waals surface area contributed by atoms with Crippen LogP contribution >= 0.6 is 0 Å². The molecule has 0 aliphatic heterocycles. The topological polar surface area (TPSA) is 41.0 Å². The van der Waals surface area contributed by atoms with Crippen LogP contribution in [0.15, 0.2) is 17.7 Å². The Hall–Kier alpha value is -1.58. The molecule has 0 saturated heterocycles. The lowest BCUT2D eigenvalue weighted by Gasteiger charge is -2.21. The van der Waals surface area contributed by atoms with Gasteiger partial charge in [-0.2, -0.15) is 0 Å². The molecule has 1 aromatic rings. The highest BCUT2D eigenvalue weighted by molar-refractivity contribution is 5.49. The van der Waals surface area contributed by atoms with Gasteiger partial charge in [-0.05, 0) is 52.9 Å². The molecule has 1 heterocycles. The molecule has 4 heteroatoms. The Bertz CT molecular complexity index is 478. The summed E-state index contributed by atoms with van der Waals surface area (Å²) in [5.41, 5.74) is 1.60. The molecule has 0 bridgehead atoms. The van der Waals surface area contributed by atoms with Gasteiger partial charge in [0.2, 0.25) is 0 Å². The Morgan fingerprint density at radius 3 is 2.67 bits per heavy atom. The van der Waals surface area contributed by atoms with Crippen LogP contribution < -0.4 is 10.2 Å². The van der Waals surface area contributed by atoms with Crippen molar-refractivity contribution in [2.45, 2.75) is 52.9 Å². The number of aromatic nitrogens is 2. The van der Waals surface area contributed by atoms with Crippen LogP contribution in [0.2, 0.25) is 0 Å². The van der Waals surface area contributed by atoms with E-state index in [1.165, 1.54) is 25.7 Å². The molecule has 1 aliphatic rings. The number of nitrogens with zero attached hydrogens (tertiary/aromatic N) is 3. The van der Waals surface area contributed by atoms with Gasteiger partial charge in [0, 0.05) is 25.7 Å². The van der Waals surface area contributed by atoms with E-state index in [1.807, 2.05) is 6.92 Å². The molecule has 2 rings (SSSR count). The van der Waals surface area contributed by atoms with E-state index in [-0.39, 0.29) is 0 Å². The first-order chi connectivity index (χ1) is 10.2. The Morgan fingerprint density at radius 1 is 1.19 bits per heavy atom. The maximum absolute atomic E-state index is 4.54. The zero-order valence-electron chi connectivity index (χ0n) is 13.7. The van der Waals surface area contributed by atoms with Gasteiger partial charge in [0.05, 0.1) is 0 Å². The van der Waals surface area contributed by atoms with Crippen molar-refractivity contribution in [2.75, 3.05) is 29.9 Å². The van der Waals surface area contributed by atoms with Crippen molar-refractivity contribution in [3.05, 3.63) is 23.5 Å². The highest BCUT2D eigenvalue weighted by Gasteiger charge is 2.08. The first-order valence-electron chi connectivity index (χ1n) is 8.25. The molecule has 0 atom stereocenters. The second kappa shape index (κ2) is 8.01. The Labute approximate surface area is 128 Å². The van der Waals surface area contributed by atoms with Crippen LogP contribution in [0, 0.1) is 6.92 Å². The second-order valence-electron chi connectivity index (χ2n) is 5.62. The third kappa shape index (κ3) is 4.73. The highest BCUT2D eigenvalue weighted by Crippen LogP contribution is 2.20. The average molecular weight is 288 g/mol. The minimum Gasteiger partial charge on any atom is -0.370 e. The van der Waals surface area contributed by atoms with E-state index in [0.29, 0.717) is 0 Å². The lowest BCUT2D eigenvalue weighted by atomic mass is 9.97. The Balaban J connectivity index is 1.94. The predicted octanol–water partition coefficient (Wildman–Crippen LogP) is 3.93. The van der Waals surface area contributed by atoms with Gasteiger partial charge in [-0.3, -0.25) is 0 Å². The van der Waals surface area contributed by atoms with Crippen LogP contribution in [0.25, 0.3) is 0 Å². The number of rotatable bonds is 7. The molecule has 0 amide bonds. The fourth-order valence-corrected chi connectivity index (χ4v) is 2.83. The number of nitrogens with one attached hydrogen (secondary N) is 1. The molecule has 0 aromatic carbocycles. The minimum atomic E-state index is 0.832. The van der Waals surface area contributed by atoms with Gasteiger partial charge in [0.1, 0.15) is 17.5 Å². The van der Waals surface area contributed by atoms with E-state index < -0.39 is 0 Å². The molecule has 0 spiro atoms. The van der Waals surface area contributed by atoms with E-state index in [9.17, 15) is 0 Å².